The zero-order valence-corrected chi connectivity index (χ0v) is 9.89. The van der Waals surface area contributed by atoms with Gasteiger partial charge in [-0.15, -0.1) is 0 Å². The van der Waals surface area contributed by atoms with E-state index in [1.165, 1.54) is 30.4 Å². The lowest BCUT2D eigenvalue weighted by Crippen LogP contribution is -2.18. The molecule has 1 heteroatoms. The molecule has 1 N–H and O–H groups in total. The summed E-state index contributed by atoms with van der Waals surface area (Å²) in [5.41, 5.74) is 2.59. The van der Waals surface area contributed by atoms with Crippen LogP contribution in [0.1, 0.15) is 43.2 Å². The Balaban J connectivity index is 2.22. The summed E-state index contributed by atoms with van der Waals surface area (Å²) in [6.45, 7) is 2.48. The maximum Gasteiger partial charge on any atom is 0.0505 e. The molecule has 1 aliphatic rings. The van der Waals surface area contributed by atoms with Crippen molar-refractivity contribution in [2.45, 2.75) is 32.1 Å². The van der Waals surface area contributed by atoms with Crippen molar-refractivity contribution >= 4 is 6.08 Å². The van der Waals surface area contributed by atoms with Gasteiger partial charge in [-0.05, 0) is 23.5 Å². The van der Waals surface area contributed by atoms with Crippen LogP contribution in [0.2, 0.25) is 0 Å². The highest BCUT2D eigenvalue weighted by Gasteiger charge is 2.24. The summed E-state index contributed by atoms with van der Waals surface area (Å²) < 4.78 is 0. The van der Waals surface area contributed by atoms with Crippen LogP contribution in [-0.2, 0) is 0 Å². The van der Waals surface area contributed by atoms with Crippen molar-refractivity contribution in [3.8, 4) is 0 Å². The largest absolute Gasteiger partial charge is 0.396 e. The first-order chi connectivity index (χ1) is 7.86. The Morgan fingerprint density at radius 1 is 1.25 bits per heavy atom. The molecule has 16 heavy (non-hydrogen) atoms. The minimum atomic E-state index is 0.260. The van der Waals surface area contributed by atoms with Crippen LogP contribution in [-0.4, -0.2) is 11.7 Å². The molecule has 1 aliphatic carbocycles. The second kappa shape index (κ2) is 5.31. The third-order valence-electron chi connectivity index (χ3n) is 3.52. The van der Waals surface area contributed by atoms with E-state index >= 15 is 0 Å². The Labute approximate surface area is 97.8 Å². The molecule has 0 aliphatic heterocycles. The average Bonchev–Trinajstić information content (AvgIpc) is 2.35. The van der Waals surface area contributed by atoms with Gasteiger partial charge in [0.25, 0.3) is 0 Å². The normalized spacial score (nSPS) is 23.1. The molecule has 1 aromatic carbocycles. The van der Waals surface area contributed by atoms with Crippen LogP contribution < -0.4 is 0 Å². The molecule has 0 fully saturated rings. The predicted molar refractivity (Wildman–Crippen MR) is 68.3 cm³/mol. The van der Waals surface area contributed by atoms with Crippen LogP contribution in [0, 0.1) is 5.92 Å². The highest BCUT2D eigenvalue weighted by Crippen LogP contribution is 2.36. The lowest BCUT2D eigenvalue weighted by Gasteiger charge is -2.28. The van der Waals surface area contributed by atoms with E-state index in [4.69, 9.17) is 0 Å². The van der Waals surface area contributed by atoms with Gasteiger partial charge in [0.05, 0.1) is 6.61 Å². The van der Waals surface area contributed by atoms with Crippen molar-refractivity contribution in [3.63, 3.8) is 0 Å². The zero-order chi connectivity index (χ0) is 11.4. The molecule has 0 saturated heterocycles. The van der Waals surface area contributed by atoms with Crippen molar-refractivity contribution in [2.75, 3.05) is 6.61 Å². The van der Waals surface area contributed by atoms with E-state index in [0.717, 1.165) is 0 Å². The van der Waals surface area contributed by atoms with Gasteiger partial charge >= 0.3 is 0 Å². The van der Waals surface area contributed by atoms with E-state index < -0.39 is 0 Å². The summed E-state index contributed by atoms with van der Waals surface area (Å²) in [6, 6.07) is 8.41. The Morgan fingerprint density at radius 2 is 2.06 bits per heavy atom. The fraction of sp³-hybridized carbons (Fsp3) is 0.467. The number of benzene rings is 1. The number of aliphatic hydroxyl groups excluding tert-OH is 1. The first-order valence-electron chi connectivity index (χ1n) is 6.24. The van der Waals surface area contributed by atoms with Gasteiger partial charge in [0.2, 0.25) is 0 Å². The van der Waals surface area contributed by atoms with Crippen LogP contribution in [0.15, 0.2) is 30.3 Å². The minimum Gasteiger partial charge on any atom is -0.396 e. The number of allylic oxidation sites excluding steroid dienone is 1. The molecule has 0 amide bonds. The van der Waals surface area contributed by atoms with Gasteiger partial charge in [0.1, 0.15) is 0 Å². The summed E-state index contributed by atoms with van der Waals surface area (Å²) in [7, 11) is 0. The molecular formula is C15H20O. The molecule has 0 spiro atoms. The summed E-state index contributed by atoms with van der Waals surface area (Å²) in [4.78, 5) is 0. The molecule has 86 valence electrons. The third-order valence-corrected chi connectivity index (χ3v) is 3.52. The molecule has 0 bridgehead atoms. The number of hydrogen-bond acceptors (Lipinski definition) is 1. The van der Waals surface area contributed by atoms with Gasteiger partial charge in [0.15, 0.2) is 0 Å². The standard InChI is InChI=1S/C15H20O/c1-2-3-6-13-10-9-12-7-4-5-8-14(12)15(13)11-16/h4-5,7-10,13,15-16H,2-3,6,11H2,1H3/t13-,15+/m1/s1. The lowest BCUT2D eigenvalue weighted by molar-refractivity contribution is 0.234. The van der Waals surface area contributed by atoms with Gasteiger partial charge in [-0.1, -0.05) is 56.2 Å². The highest BCUT2D eigenvalue weighted by atomic mass is 16.3. The van der Waals surface area contributed by atoms with E-state index in [2.05, 4.69) is 43.3 Å². The highest BCUT2D eigenvalue weighted by molar-refractivity contribution is 5.58. The van der Waals surface area contributed by atoms with Crippen molar-refractivity contribution in [1.29, 1.82) is 0 Å². The molecule has 2 rings (SSSR count). The van der Waals surface area contributed by atoms with Gasteiger partial charge in [-0.25, -0.2) is 0 Å². The second-order valence-corrected chi connectivity index (χ2v) is 4.58. The Kier molecular flexibility index (Phi) is 3.79. The van der Waals surface area contributed by atoms with Gasteiger partial charge in [-0.2, -0.15) is 0 Å². The molecule has 0 aromatic heterocycles. The van der Waals surface area contributed by atoms with Crippen LogP contribution in [0.3, 0.4) is 0 Å². The number of hydrogen-bond donors (Lipinski definition) is 1. The van der Waals surface area contributed by atoms with Crippen LogP contribution >= 0.6 is 0 Å². The van der Waals surface area contributed by atoms with E-state index in [1.54, 1.807) is 0 Å². The topological polar surface area (TPSA) is 20.2 Å². The molecule has 1 aromatic rings. The third kappa shape index (κ3) is 2.19. The number of unbranched alkanes of at least 4 members (excludes halogenated alkanes) is 1. The Bertz CT molecular complexity index is 367. The predicted octanol–water partition coefficient (Wildman–Crippen LogP) is 3.60. The van der Waals surface area contributed by atoms with Crippen molar-refractivity contribution in [3.05, 3.63) is 41.5 Å². The summed E-state index contributed by atoms with van der Waals surface area (Å²) >= 11 is 0. The van der Waals surface area contributed by atoms with E-state index in [0.29, 0.717) is 11.8 Å². The molecule has 2 atom stereocenters. The average molecular weight is 216 g/mol. The van der Waals surface area contributed by atoms with Crippen molar-refractivity contribution < 1.29 is 5.11 Å². The van der Waals surface area contributed by atoms with Gasteiger partial charge in [0, 0.05) is 5.92 Å². The molecule has 1 nitrogen and oxygen atoms in total. The molecule has 0 saturated carbocycles. The quantitative estimate of drug-likeness (QED) is 0.815. The maximum absolute atomic E-state index is 9.57. The number of aliphatic hydroxyl groups is 1. The summed E-state index contributed by atoms with van der Waals surface area (Å²) in [5, 5.41) is 9.57. The van der Waals surface area contributed by atoms with E-state index in [1.807, 2.05) is 0 Å². The van der Waals surface area contributed by atoms with E-state index in [9.17, 15) is 5.11 Å². The number of rotatable bonds is 4. The fourth-order valence-electron chi connectivity index (χ4n) is 2.56. The molecular weight excluding hydrogens is 196 g/mol. The van der Waals surface area contributed by atoms with Crippen molar-refractivity contribution in [1.82, 2.24) is 0 Å². The first kappa shape index (κ1) is 11.4. The summed E-state index contributed by atoms with van der Waals surface area (Å²) in [6.07, 6.45) is 8.14. The SMILES string of the molecule is CCCC[C@@H]1C=Cc2ccccc2[C@H]1CO. The van der Waals surface area contributed by atoms with Crippen molar-refractivity contribution in [2.24, 2.45) is 5.92 Å². The lowest BCUT2D eigenvalue weighted by atomic mass is 9.77. The smallest absolute Gasteiger partial charge is 0.0505 e. The van der Waals surface area contributed by atoms with Crippen LogP contribution in [0.4, 0.5) is 0 Å². The fourth-order valence-corrected chi connectivity index (χ4v) is 2.56. The molecule has 0 unspecified atom stereocenters. The second-order valence-electron chi connectivity index (χ2n) is 4.58. The minimum absolute atomic E-state index is 0.260. The Morgan fingerprint density at radius 3 is 2.81 bits per heavy atom. The zero-order valence-electron chi connectivity index (χ0n) is 9.89. The van der Waals surface area contributed by atoms with Crippen LogP contribution in [0.25, 0.3) is 6.08 Å². The number of fused-ring (bicyclic) bond motifs is 1. The molecule has 0 heterocycles. The van der Waals surface area contributed by atoms with Gasteiger partial charge < -0.3 is 5.11 Å². The van der Waals surface area contributed by atoms with Gasteiger partial charge in [-0.3, -0.25) is 0 Å². The van der Waals surface area contributed by atoms with E-state index in [-0.39, 0.29) is 6.61 Å². The Hall–Kier alpha value is -1.08. The maximum atomic E-state index is 9.57. The summed E-state index contributed by atoms with van der Waals surface area (Å²) in [5.74, 6) is 0.813. The first-order valence-corrected chi connectivity index (χ1v) is 6.24. The molecule has 0 radical (unpaired) electrons. The van der Waals surface area contributed by atoms with Crippen LogP contribution in [0.5, 0.6) is 0 Å². The monoisotopic (exact) mass is 216 g/mol.